The highest BCUT2D eigenvalue weighted by molar-refractivity contribution is 4.87. The Balaban J connectivity index is 1.82. The second kappa shape index (κ2) is 6.02. The highest BCUT2D eigenvalue weighted by Crippen LogP contribution is 2.35. The molecule has 0 spiro atoms. The first-order valence-corrected chi connectivity index (χ1v) is 7.31. The summed E-state index contributed by atoms with van der Waals surface area (Å²) < 4.78 is 0. The summed E-state index contributed by atoms with van der Waals surface area (Å²) in [5.74, 6) is 1.01. The molecule has 0 aromatic rings. The van der Waals surface area contributed by atoms with Crippen molar-refractivity contribution in [2.24, 2.45) is 11.7 Å². The summed E-state index contributed by atoms with van der Waals surface area (Å²) in [6.45, 7) is 4.78. The standard InChI is InChI=1S/C14H28N2/c1-2-13(15)9-11-16-10-5-7-12-6-3-4-8-14(12)16/h12-14H,2-11,15H2,1H3. The van der Waals surface area contributed by atoms with E-state index in [1.54, 1.807) is 0 Å². The number of nitrogens with zero attached hydrogens (tertiary/aromatic N) is 1. The Kier molecular flexibility index (Phi) is 4.66. The van der Waals surface area contributed by atoms with Crippen molar-refractivity contribution >= 4 is 0 Å². The van der Waals surface area contributed by atoms with Gasteiger partial charge in [-0.3, -0.25) is 0 Å². The van der Waals surface area contributed by atoms with Crippen LogP contribution >= 0.6 is 0 Å². The van der Waals surface area contributed by atoms with Crippen LogP contribution in [-0.2, 0) is 0 Å². The van der Waals surface area contributed by atoms with Crippen LogP contribution in [0.4, 0.5) is 0 Å². The molecule has 1 aliphatic carbocycles. The van der Waals surface area contributed by atoms with E-state index in [4.69, 9.17) is 5.73 Å². The first-order valence-electron chi connectivity index (χ1n) is 7.31. The SMILES string of the molecule is CCC(N)CCN1CCCC2CCCCC21. The largest absolute Gasteiger partial charge is 0.328 e. The van der Waals surface area contributed by atoms with E-state index in [1.807, 2.05) is 0 Å². The molecule has 16 heavy (non-hydrogen) atoms. The van der Waals surface area contributed by atoms with E-state index in [0.717, 1.165) is 18.4 Å². The van der Waals surface area contributed by atoms with E-state index in [9.17, 15) is 0 Å². The topological polar surface area (TPSA) is 29.3 Å². The van der Waals surface area contributed by atoms with Gasteiger partial charge in [-0.1, -0.05) is 19.8 Å². The predicted molar refractivity (Wildman–Crippen MR) is 69.4 cm³/mol. The second-order valence-corrected chi connectivity index (χ2v) is 5.75. The molecule has 2 N–H and O–H groups in total. The summed E-state index contributed by atoms with van der Waals surface area (Å²) in [4.78, 5) is 2.75. The van der Waals surface area contributed by atoms with Gasteiger partial charge < -0.3 is 10.6 Å². The number of nitrogens with two attached hydrogens (primary N) is 1. The Labute approximate surface area is 101 Å². The molecule has 2 rings (SSSR count). The Morgan fingerprint density at radius 2 is 1.94 bits per heavy atom. The quantitative estimate of drug-likeness (QED) is 0.795. The fourth-order valence-corrected chi connectivity index (χ4v) is 3.54. The van der Waals surface area contributed by atoms with Gasteiger partial charge in [0.05, 0.1) is 0 Å². The zero-order valence-corrected chi connectivity index (χ0v) is 10.8. The first-order chi connectivity index (χ1) is 7.81. The van der Waals surface area contributed by atoms with Crippen molar-refractivity contribution < 1.29 is 0 Å². The molecule has 2 aliphatic rings. The third-order valence-electron chi connectivity index (χ3n) is 4.67. The molecule has 0 aromatic carbocycles. The number of hydrogen-bond donors (Lipinski definition) is 1. The molecule has 1 saturated heterocycles. The van der Waals surface area contributed by atoms with Crippen LogP contribution in [0.3, 0.4) is 0 Å². The molecule has 3 atom stereocenters. The van der Waals surface area contributed by atoms with Crippen LogP contribution in [0.1, 0.15) is 58.3 Å². The van der Waals surface area contributed by atoms with E-state index in [0.29, 0.717) is 6.04 Å². The summed E-state index contributed by atoms with van der Waals surface area (Å²) in [6, 6.07) is 1.33. The molecule has 2 nitrogen and oxygen atoms in total. The fourth-order valence-electron chi connectivity index (χ4n) is 3.54. The van der Waals surface area contributed by atoms with E-state index >= 15 is 0 Å². The molecule has 94 valence electrons. The zero-order valence-electron chi connectivity index (χ0n) is 10.8. The van der Waals surface area contributed by atoms with Gasteiger partial charge in [0.15, 0.2) is 0 Å². The van der Waals surface area contributed by atoms with Crippen molar-refractivity contribution in [3.05, 3.63) is 0 Å². The number of fused-ring (bicyclic) bond motifs is 1. The van der Waals surface area contributed by atoms with Crippen LogP contribution in [-0.4, -0.2) is 30.1 Å². The van der Waals surface area contributed by atoms with Gasteiger partial charge in [0.2, 0.25) is 0 Å². The Bertz CT molecular complexity index is 203. The van der Waals surface area contributed by atoms with Crippen molar-refractivity contribution in [3.63, 3.8) is 0 Å². The molecule has 2 fully saturated rings. The molecule has 0 bridgehead atoms. The molecule has 0 amide bonds. The van der Waals surface area contributed by atoms with Crippen LogP contribution < -0.4 is 5.73 Å². The van der Waals surface area contributed by atoms with Crippen molar-refractivity contribution in [2.75, 3.05) is 13.1 Å². The lowest BCUT2D eigenvalue weighted by Crippen LogP contribution is -2.47. The highest BCUT2D eigenvalue weighted by atomic mass is 15.2. The summed E-state index contributed by atoms with van der Waals surface area (Å²) >= 11 is 0. The third kappa shape index (κ3) is 2.98. The number of piperidine rings is 1. The molecule has 1 heterocycles. The fraction of sp³-hybridized carbons (Fsp3) is 1.00. The third-order valence-corrected chi connectivity index (χ3v) is 4.67. The van der Waals surface area contributed by atoms with Crippen LogP contribution in [0, 0.1) is 5.92 Å². The highest BCUT2D eigenvalue weighted by Gasteiger charge is 2.32. The summed E-state index contributed by atoms with van der Waals surface area (Å²) in [5.41, 5.74) is 6.03. The minimum Gasteiger partial charge on any atom is -0.328 e. The van der Waals surface area contributed by atoms with Crippen molar-refractivity contribution in [2.45, 2.75) is 70.4 Å². The van der Waals surface area contributed by atoms with Crippen molar-refractivity contribution in [3.8, 4) is 0 Å². The minimum atomic E-state index is 0.420. The lowest BCUT2D eigenvalue weighted by atomic mass is 9.78. The molecule has 0 aromatic heterocycles. The van der Waals surface area contributed by atoms with Gasteiger partial charge >= 0.3 is 0 Å². The predicted octanol–water partition coefficient (Wildman–Crippen LogP) is 2.77. The van der Waals surface area contributed by atoms with Crippen LogP contribution in [0.15, 0.2) is 0 Å². The van der Waals surface area contributed by atoms with Gasteiger partial charge in [0.1, 0.15) is 0 Å². The normalized spacial score (nSPS) is 33.4. The zero-order chi connectivity index (χ0) is 11.4. The second-order valence-electron chi connectivity index (χ2n) is 5.75. The summed E-state index contributed by atoms with van der Waals surface area (Å²) in [5, 5.41) is 0. The van der Waals surface area contributed by atoms with E-state index in [-0.39, 0.29) is 0 Å². The van der Waals surface area contributed by atoms with Gasteiger partial charge in [-0.25, -0.2) is 0 Å². The lowest BCUT2D eigenvalue weighted by Gasteiger charge is -2.44. The minimum absolute atomic E-state index is 0.420. The molecular weight excluding hydrogens is 196 g/mol. The molecule has 2 heteroatoms. The molecule has 0 radical (unpaired) electrons. The monoisotopic (exact) mass is 224 g/mol. The van der Waals surface area contributed by atoms with Gasteiger partial charge in [0, 0.05) is 12.1 Å². The first kappa shape index (κ1) is 12.4. The van der Waals surface area contributed by atoms with Crippen LogP contribution in [0.5, 0.6) is 0 Å². The Morgan fingerprint density at radius 1 is 1.19 bits per heavy atom. The van der Waals surface area contributed by atoms with Gasteiger partial charge in [0.25, 0.3) is 0 Å². The average Bonchev–Trinajstić information content (AvgIpc) is 2.35. The van der Waals surface area contributed by atoms with Crippen LogP contribution in [0.2, 0.25) is 0 Å². The maximum atomic E-state index is 6.03. The average molecular weight is 224 g/mol. The van der Waals surface area contributed by atoms with Crippen molar-refractivity contribution in [1.29, 1.82) is 0 Å². The maximum Gasteiger partial charge on any atom is 0.0123 e. The number of hydrogen-bond acceptors (Lipinski definition) is 2. The smallest absolute Gasteiger partial charge is 0.0123 e. The molecule has 3 unspecified atom stereocenters. The van der Waals surface area contributed by atoms with E-state index < -0.39 is 0 Å². The molecule has 1 saturated carbocycles. The Hall–Kier alpha value is -0.0800. The van der Waals surface area contributed by atoms with Gasteiger partial charge in [-0.05, 0) is 57.5 Å². The number of likely N-dealkylation sites (tertiary alicyclic amines) is 1. The summed E-state index contributed by atoms with van der Waals surface area (Å²) in [6.07, 6.45) is 11.1. The van der Waals surface area contributed by atoms with Crippen molar-refractivity contribution in [1.82, 2.24) is 4.90 Å². The van der Waals surface area contributed by atoms with Gasteiger partial charge in [-0.2, -0.15) is 0 Å². The van der Waals surface area contributed by atoms with E-state index in [2.05, 4.69) is 11.8 Å². The maximum absolute atomic E-state index is 6.03. The van der Waals surface area contributed by atoms with Gasteiger partial charge in [-0.15, -0.1) is 0 Å². The molecular formula is C14H28N2. The molecule has 1 aliphatic heterocycles. The number of rotatable bonds is 4. The van der Waals surface area contributed by atoms with Crippen LogP contribution in [0.25, 0.3) is 0 Å². The Morgan fingerprint density at radius 3 is 2.75 bits per heavy atom. The van der Waals surface area contributed by atoms with E-state index in [1.165, 1.54) is 58.0 Å². The lowest BCUT2D eigenvalue weighted by molar-refractivity contribution is 0.0585. The summed E-state index contributed by atoms with van der Waals surface area (Å²) in [7, 11) is 0.